The summed E-state index contributed by atoms with van der Waals surface area (Å²) >= 11 is 6.07. The minimum atomic E-state index is -0.357. The lowest BCUT2D eigenvalue weighted by Crippen LogP contribution is -2.37. The van der Waals surface area contributed by atoms with Gasteiger partial charge >= 0.3 is 0 Å². The van der Waals surface area contributed by atoms with Crippen LogP contribution in [0.3, 0.4) is 0 Å². The van der Waals surface area contributed by atoms with E-state index in [0.717, 1.165) is 30.5 Å². The molecule has 0 atom stereocenters. The number of pyridine rings is 1. The monoisotopic (exact) mass is 314 g/mol. The molecule has 1 aromatic heterocycles. The molecule has 0 aliphatic heterocycles. The zero-order valence-electron chi connectivity index (χ0n) is 12.6. The summed E-state index contributed by atoms with van der Waals surface area (Å²) in [5.41, 5.74) is 1.69. The predicted molar refractivity (Wildman–Crippen MR) is 87.9 cm³/mol. The molecule has 22 heavy (non-hydrogen) atoms. The Labute approximate surface area is 135 Å². The Morgan fingerprint density at radius 1 is 1.27 bits per heavy atom. The van der Waals surface area contributed by atoms with Gasteiger partial charge in [0.05, 0.1) is 5.41 Å². The average molecular weight is 315 g/mol. The lowest BCUT2D eigenvalue weighted by atomic mass is 9.94. The smallest absolute Gasteiger partial charge is 0.232 e. The van der Waals surface area contributed by atoms with Crippen molar-refractivity contribution in [2.45, 2.75) is 24.7 Å². The van der Waals surface area contributed by atoms with Gasteiger partial charge in [-0.05, 0) is 42.7 Å². The van der Waals surface area contributed by atoms with E-state index in [0.29, 0.717) is 11.6 Å². The van der Waals surface area contributed by atoms with Crippen LogP contribution in [0.2, 0.25) is 5.02 Å². The molecule has 1 amide bonds. The first-order valence-corrected chi connectivity index (χ1v) is 7.91. The minimum absolute atomic E-state index is 0.186. The third-order valence-electron chi connectivity index (χ3n) is 4.31. The molecule has 3 rings (SSSR count). The Balaban J connectivity index is 1.68. The van der Waals surface area contributed by atoms with Crippen molar-refractivity contribution in [1.82, 2.24) is 9.88 Å². The number of amides is 1. The van der Waals surface area contributed by atoms with Crippen LogP contribution in [0.4, 0.5) is 0 Å². The number of nitrogens with zero attached hydrogens (tertiary/aromatic N) is 2. The first-order chi connectivity index (χ1) is 10.6. The molecule has 0 saturated heterocycles. The van der Waals surface area contributed by atoms with E-state index in [1.54, 1.807) is 6.20 Å². The Kier molecular flexibility index (Phi) is 4.16. The summed E-state index contributed by atoms with van der Waals surface area (Å²) in [7, 11) is 1.87. The van der Waals surface area contributed by atoms with Gasteiger partial charge in [-0.3, -0.25) is 9.78 Å². The average Bonchev–Trinajstić information content (AvgIpc) is 3.35. The number of halogens is 1. The van der Waals surface area contributed by atoms with E-state index in [-0.39, 0.29) is 11.3 Å². The van der Waals surface area contributed by atoms with Gasteiger partial charge in [-0.2, -0.15) is 0 Å². The number of hydrogen-bond acceptors (Lipinski definition) is 2. The molecular formula is C18H19ClN2O. The van der Waals surface area contributed by atoms with Crippen molar-refractivity contribution in [3.05, 3.63) is 64.9 Å². The number of rotatable bonds is 5. The van der Waals surface area contributed by atoms with Crippen molar-refractivity contribution in [2.24, 2.45) is 0 Å². The molecule has 1 heterocycles. The van der Waals surface area contributed by atoms with Crippen LogP contribution < -0.4 is 0 Å². The second-order valence-electron chi connectivity index (χ2n) is 5.89. The molecule has 0 spiro atoms. The maximum absolute atomic E-state index is 12.8. The summed E-state index contributed by atoms with van der Waals surface area (Å²) in [6, 6.07) is 13.5. The lowest BCUT2D eigenvalue weighted by Gasteiger charge is -2.24. The molecular weight excluding hydrogens is 296 g/mol. The van der Waals surface area contributed by atoms with Crippen LogP contribution in [0.5, 0.6) is 0 Å². The van der Waals surface area contributed by atoms with Gasteiger partial charge in [0.2, 0.25) is 5.91 Å². The van der Waals surface area contributed by atoms with Crippen molar-refractivity contribution in [2.75, 3.05) is 13.6 Å². The lowest BCUT2D eigenvalue weighted by molar-refractivity contribution is -0.132. The van der Waals surface area contributed by atoms with Gasteiger partial charge in [0, 0.05) is 36.9 Å². The van der Waals surface area contributed by atoms with Crippen molar-refractivity contribution in [3.63, 3.8) is 0 Å². The van der Waals surface area contributed by atoms with Gasteiger partial charge in [0.1, 0.15) is 0 Å². The summed E-state index contributed by atoms with van der Waals surface area (Å²) in [4.78, 5) is 18.9. The fourth-order valence-electron chi connectivity index (χ4n) is 2.83. The van der Waals surface area contributed by atoms with E-state index >= 15 is 0 Å². The molecule has 0 radical (unpaired) electrons. The van der Waals surface area contributed by atoms with E-state index in [9.17, 15) is 4.79 Å². The van der Waals surface area contributed by atoms with Gasteiger partial charge in [0.25, 0.3) is 0 Å². The highest BCUT2D eigenvalue weighted by atomic mass is 35.5. The highest BCUT2D eigenvalue weighted by Crippen LogP contribution is 2.49. The number of likely N-dealkylation sites (N-methyl/N-ethyl adjacent to an activating group) is 1. The number of aromatic nitrogens is 1. The van der Waals surface area contributed by atoms with Gasteiger partial charge < -0.3 is 4.90 Å². The fourth-order valence-corrected chi connectivity index (χ4v) is 3.02. The fraction of sp³-hybridized carbons (Fsp3) is 0.333. The van der Waals surface area contributed by atoms with Crippen molar-refractivity contribution in [3.8, 4) is 0 Å². The number of benzene rings is 1. The Bertz CT molecular complexity index is 668. The molecule has 4 heteroatoms. The van der Waals surface area contributed by atoms with E-state index in [1.165, 1.54) is 0 Å². The maximum atomic E-state index is 12.8. The van der Waals surface area contributed by atoms with Gasteiger partial charge in [-0.15, -0.1) is 0 Å². The number of carbonyl (C=O) groups is 1. The van der Waals surface area contributed by atoms with Crippen LogP contribution >= 0.6 is 11.6 Å². The molecule has 3 nitrogen and oxygen atoms in total. The number of hydrogen-bond donors (Lipinski definition) is 0. The first-order valence-electron chi connectivity index (χ1n) is 7.53. The normalized spacial score (nSPS) is 15.4. The highest BCUT2D eigenvalue weighted by Gasteiger charge is 2.52. The molecule has 0 N–H and O–H groups in total. The van der Waals surface area contributed by atoms with Gasteiger partial charge in [0.15, 0.2) is 0 Å². The van der Waals surface area contributed by atoms with E-state index in [2.05, 4.69) is 4.98 Å². The van der Waals surface area contributed by atoms with Crippen molar-refractivity contribution in [1.29, 1.82) is 0 Å². The third kappa shape index (κ3) is 3.00. The Morgan fingerprint density at radius 2 is 2.09 bits per heavy atom. The van der Waals surface area contributed by atoms with E-state index in [1.807, 2.05) is 54.4 Å². The van der Waals surface area contributed by atoms with E-state index in [4.69, 9.17) is 11.6 Å². The first kappa shape index (κ1) is 15.0. The van der Waals surface area contributed by atoms with Crippen molar-refractivity contribution >= 4 is 17.5 Å². The molecule has 1 fully saturated rings. The zero-order valence-corrected chi connectivity index (χ0v) is 13.4. The predicted octanol–water partition coefficient (Wildman–Crippen LogP) is 3.47. The molecule has 0 bridgehead atoms. The van der Waals surface area contributed by atoms with Crippen LogP contribution in [-0.2, 0) is 16.6 Å². The van der Waals surface area contributed by atoms with Gasteiger partial charge in [-0.1, -0.05) is 29.8 Å². The third-order valence-corrected chi connectivity index (χ3v) is 4.55. The quantitative estimate of drug-likeness (QED) is 0.846. The SMILES string of the molecule is CN(CCc1ccccn1)C(=O)C1(c2cccc(Cl)c2)CC1. The zero-order chi connectivity index (χ0) is 15.6. The second kappa shape index (κ2) is 6.09. The number of carbonyl (C=O) groups excluding carboxylic acids is 1. The summed E-state index contributed by atoms with van der Waals surface area (Å²) in [6.45, 7) is 0.679. The highest BCUT2D eigenvalue weighted by molar-refractivity contribution is 6.30. The topological polar surface area (TPSA) is 33.2 Å². The summed E-state index contributed by atoms with van der Waals surface area (Å²) < 4.78 is 0. The van der Waals surface area contributed by atoms with Crippen molar-refractivity contribution < 1.29 is 4.79 Å². The maximum Gasteiger partial charge on any atom is 0.232 e. The van der Waals surface area contributed by atoms with Gasteiger partial charge in [-0.25, -0.2) is 0 Å². The standard InChI is InChI=1S/C18H19ClN2O/c1-21(12-8-16-7-2-3-11-20-16)17(22)18(9-10-18)14-5-4-6-15(19)13-14/h2-7,11,13H,8-10,12H2,1H3. The Morgan fingerprint density at radius 3 is 2.73 bits per heavy atom. The molecule has 1 aromatic carbocycles. The molecule has 1 saturated carbocycles. The largest absolute Gasteiger partial charge is 0.345 e. The second-order valence-corrected chi connectivity index (χ2v) is 6.33. The van der Waals surface area contributed by atoms with Crippen LogP contribution in [-0.4, -0.2) is 29.4 Å². The summed E-state index contributed by atoms with van der Waals surface area (Å²) in [5, 5.41) is 0.688. The summed E-state index contributed by atoms with van der Waals surface area (Å²) in [6.07, 6.45) is 4.36. The molecule has 114 valence electrons. The molecule has 0 unspecified atom stereocenters. The molecule has 2 aromatic rings. The minimum Gasteiger partial charge on any atom is -0.345 e. The molecule has 1 aliphatic rings. The van der Waals surface area contributed by atoms with Crippen LogP contribution in [0.15, 0.2) is 48.7 Å². The van der Waals surface area contributed by atoms with E-state index < -0.39 is 0 Å². The summed E-state index contributed by atoms with van der Waals surface area (Å²) in [5.74, 6) is 0.186. The van der Waals surface area contributed by atoms with Crippen LogP contribution in [0.1, 0.15) is 24.1 Å². The Hall–Kier alpha value is -1.87. The van der Waals surface area contributed by atoms with Crippen LogP contribution in [0, 0.1) is 0 Å². The van der Waals surface area contributed by atoms with Crippen LogP contribution in [0.25, 0.3) is 0 Å². The molecule has 1 aliphatic carbocycles.